The third-order valence-electron chi connectivity index (χ3n) is 4.94. The molecule has 124 valence electrons. The van der Waals surface area contributed by atoms with E-state index in [1.54, 1.807) is 12.3 Å². The van der Waals surface area contributed by atoms with Crippen LogP contribution >= 0.6 is 0 Å². The number of hydrogen-bond donors (Lipinski definition) is 1. The Hall–Kier alpha value is -1.60. The zero-order chi connectivity index (χ0) is 16.8. The Balaban J connectivity index is 1.83. The molecule has 0 radical (unpaired) electrons. The van der Waals surface area contributed by atoms with Crippen LogP contribution in [0, 0.1) is 5.92 Å². The molecule has 2 aliphatic rings. The van der Waals surface area contributed by atoms with Gasteiger partial charge in [-0.05, 0) is 64.1 Å². The Morgan fingerprint density at radius 1 is 1.35 bits per heavy atom. The van der Waals surface area contributed by atoms with Crippen molar-refractivity contribution in [2.24, 2.45) is 5.92 Å². The lowest BCUT2D eigenvalue weighted by molar-refractivity contribution is 0.00578. The summed E-state index contributed by atoms with van der Waals surface area (Å²) in [6, 6.07) is 3.56. The molecule has 3 rings (SSSR count). The van der Waals surface area contributed by atoms with Gasteiger partial charge in [-0.1, -0.05) is 0 Å². The van der Waals surface area contributed by atoms with Crippen LogP contribution in [0.4, 0.5) is 10.6 Å². The van der Waals surface area contributed by atoms with Gasteiger partial charge in [-0.25, -0.2) is 9.78 Å². The summed E-state index contributed by atoms with van der Waals surface area (Å²) >= 11 is 0. The topological polar surface area (TPSA) is 71.9 Å². The summed E-state index contributed by atoms with van der Waals surface area (Å²) < 4.78 is 12.0. The summed E-state index contributed by atoms with van der Waals surface area (Å²) in [4.78, 5) is 17.1. The van der Waals surface area contributed by atoms with Crippen LogP contribution in [-0.4, -0.2) is 41.0 Å². The van der Waals surface area contributed by atoms with Gasteiger partial charge in [0.15, 0.2) is 0 Å². The maximum Gasteiger partial charge on any atom is 0.495 e. The highest BCUT2D eigenvalue weighted by Gasteiger charge is 2.51. The van der Waals surface area contributed by atoms with E-state index in [1.807, 2.05) is 33.8 Å². The van der Waals surface area contributed by atoms with Crippen molar-refractivity contribution in [3.8, 4) is 0 Å². The smallest absolute Gasteiger partial charge is 0.465 e. The Kier molecular flexibility index (Phi) is 3.88. The molecule has 7 heteroatoms. The summed E-state index contributed by atoms with van der Waals surface area (Å²) in [5.74, 6) is 0.880. The first kappa shape index (κ1) is 16.3. The molecule has 1 aromatic heterocycles. The molecule has 1 aromatic rings. The first-order chi connectivity index (χ1) is 10.7. The van der Waals surface area contributed by atoms with Gasteiger partial charge >= 0.3 is 13.2 Å². The minimum absolute atomic E-state index is 0.427. The van der Waals surface area contributed by atoms with Gasteiger partial charge in [-0.2, -0.15) is 0 Å². The zero-order valence-corrected chi connectivity index (χ0v) is 14.1. The first-order valence-corrected chi connectivity index (χ1v) is 8.02. The maximum atomic E-state index is 11.5. The standard InChI is InChI=1S/C16H23BN2O4/c1-15(2)16(3,4)23-17(22-15)12-7-8-18-13(9-12)19(14(20)21)10-11-5-6-11/h7-9,11H,5-6,10H2,1-4H3,(H,20,21). The second-order valence-corrected chi connectivity index (χ2v) is 7.37. The van der Waals surface area contributed by atoms with Crippen LogP contribution in [0.3, 0.4) is 0 Å². The summed E-state index contributed by atoms with van der Waals surface area (Å²) in [7, 11) is -0.515. The summed E-state index contributed by atoms with van der Waals surface area (Å²) in [5.41, 5.74) is -0.0703. The molecule has 1 saturated carbocycles. The summed E-state index contributed by atoms with van der Waals surface area (Å²) in [6.45, 7) is 8.46. The second-order valence-electron chi connectivity index (χ2n) is 7.37. The minimum atomic E-state index is -0.976. The molecule has 6 nitrogen and oxygen atoms in total. The largest absolute Gasteiger partial charge is 0.495 e. The fourth-order valence-electron chi connectivity index (χ4n) is 2.54. The fraction of sp³-hybridized carbons (Fsp3) is 0.625. The van der Waals surface area contributed by atoms with Crippen molar-refractivity contribution in [2.75, 3.05) is 11.4 Å². The Bertz CT molecular complexity index is 600. The normalized spacial score (nSPS) is 22.2. The van der Waals surface area contributed by atoms with E-state index >= 15 is 0 Å². The summed E-state index contributed by atoms with van der Waals surface area (Å²) in [6.07, 6.45) is 2.80. The van der Waals surface area contributed by atoms with Crippen LogP contribution in [-0.2, 0) is 9.31 Å². The van der Waals surface area contributed by atoms with Gasteiger partial charge in [0.05, 0.1) is 11.2 Å². The van der Waals surface area contributed by atoms with Crippen molar-refractivity contribution in [1.82, 2.24) is 4.98 Å². The van der Waals surface area contributed by atoms with E-state index in [0.29, 0.717) is 18.3 Å². The highest BCUT2D eigenvalue weighted by molar-refractivity contribution is 6.62. The molecule has 0 spiro atoms. The number of aromatic nitrogens is 1. The molecule has 1 aliphatic carbocycles. The van der Waals surface area contributed by atoms with E-state index in [2.05, 4.69) is 4.98 Å². The van der Waals surface area contributed by atoms with Crippen molar-refractivity contribution in [3.05, 3.63) is 18.3 Å². The number of nitrogens with zero attached hydrogens (tertiary/aromatic N) is 2. The van der Waals surface area contributed by atoms with E-state index in [4.69, 9.17) is 9.31 Å². The Labute approximate surface area is 136 Å². The van der Waals surface area contributed by atoms with Gasteiger partial charge in [0.2, 0.25) is 0 Å². The Morgan fingerprint density at radius 3 is 2.48 bits per heavy atom. The molecule has 1 saturated heterocycles. The quantitative estimate of drug-likeness (QED) is 0.862. The van der Waals surface area contributed by atoms with Crippen molar-refractivity contribution in [2.45, 2.75) is 51.7 Å². The van der Waals surface area contributed by atoms with Gasteiger partial charge < -0.3 is 14.4 Å². The molecule has 1 aliphatic heterocycles. The molecule has 0 bridgehead atoms. The lowest BCUT2D eigenvalue weighted by atomic mass is 9.79. The predicted molar refractivity (Wildman–Crippen MR) is 88.0 cm³/mol. The molecular formula is C16H23BN2O4. The van der Waals surface area contributed by atoms with Gasteiger partial charge in [-0.15, -0.1) is 0 Å². The summed E-state index contributed by atoms with van der Waals surface area (Å²) in [5, 5.41) is 9.45. The number of rotatable bonds is 4. The van der Waals surface area contributed by atoms with Gasteiger partial charge in [-0.3, -0.25) is 4.90 Å². The van der Waals surface area contributed by atoms with Crippen LogP contribution in [0.2, 0.25) is 0 Å². The molecule has 0 unspecified atom stereocenters. The Morgan fingerprint density at radius 2 is 1.96 bits per heavy atom. The van der Waals surface area contributed by atoms with Crippen LogP contribution in [0.5, 0.6) is 0 Å². The van der Waals surface area contributed by atoms with Crippen molar-refractivity contribution in [1.29, 1.82) is 0 Å². The number of anilines is 1. The van der Waals surface area contributed by atoms with Crippen molar-refractivity contribution in [3.63, 3.8) is 0 Å². The number of carbonyl (C=O) groups is 1. The van der Waals surface area contributed by atoms with Crippen LogP contribution in [0.1, 0.15) is 40.5 Å². The van der Waals surface area contributed by atoms with Gasteiger partial charge in [0.1, 0.15) is 5.82 Å². The molecule has 1 amide bonds. The van der Waals surface area contributed by atoms with Crippen molar-refractivity contribution >= 4 is 24.5 Å². The van der Waals surface area contributed by atoms with Crippen LogP contribution in [0.25, 0.3) is 0 Å². The number of carboxylic acid groups (broad SMARTS) is 1. The van der Waals surface area contributed by atoms with E-state index in [0.717, 1.165) is 18.3 Å². The molecular weight excluding hydrogens is 295 g/mol. The SMILES string of the molecule is CC1(C)OB(c2ccnc(N(CC3CC3)C(=O)O)c2)OC1(C)C. The van der Waals surface area contributed by atoms with Crippen LogP contribution < -0.4 is 10.4 Å². The first-order valence-electron chi connectivity index (χ1n) is 8.02. The lowest BCUT2D eigenvalue weighted by Crippen LogP contribution is -2.41. The predicted octanol–water partition coefficient (Wildman–Crippen LogP) is 2.28. The lowest BCUT2D eigenvalue weighted by Gasteiger charge is -2.32. The average Bonchev–Trinajstić information content (AvgIpc) is 3.23. The molecule has 2 heterocycles. The minimum Gasteiger partial charge on any atom is -0.465 e. The maximum absolute atomic E-state index is 11.5. The van der Waals surface area contributed by atoms with Gasteiger partial charge in [0, 0.05) is 12.7 Å². The van der Waals surface area contributed by atoms with E-state index in [-0.39, 0.29) is 0 Å². The monoisotopic (exact) mass is 318 g/mol. The zero-order valence-electron chi connectivity index (χ0n) is 14.1. The molecule has 0 aromatic carbocycles. The number of hydrogen-bond acceptors (Lipinski definition) is 4. The van der Waals surface area contributed by atoms with E-state index in [9.17, 15) is 9.90 Å². The van der Waals surface area contributed by atoms with Crippen LogP contribution in [0.15, 0.2) is 18.3 Å². The number of amides is 1. The third-order valence-corrected chi connectivity index (χ3v) is 4.94. The van der Waals surface area contributed by atoms with E-state index < -0.39 is 24.4 Å². The van der Waals surface area contributed by atoms with Crippen molar-refractivity contribution < 1.29 is 19.2 Å². The van der Waals surface area contributed by atoms with E-state index in [1.165, 1.54) is 4.90 Å². The highest BCUT2D eigenvalue weighted by atomic mass is 16.7. The molecule has 2 fully saturated rings. The fourth-order valence-corrected chi connectivity index (χ4v) is 2.54. The molecule has 1 N–H and O–H groups in total. The molecule has 23 heavy (non-hydrogen) atoms. The number of pyridine rings is 1. The third kappa shape index (κ3) is 3.21. The highest BCUT2D eigenvalue weighted by Crippen LogP contribution is 2.36. The van der Waals surface area contributed by atoms with Gasteiger partial charge in [0.25, 0.3) is 0 Å². The second kappa shape index (κ2) is 5.49. The molecule has 0 atom stereocenters. The average molecular weight is 318 g/mol.